The lowest BCUT2D eigenvalue weighted by atomic mass is 10.2. The third kappa shape index (κ3) is 5.47. The van der Waals surface area contributed by atoms with Crippen molar-refractivity contribution in [1.29, 1.82) is 0 Å². The largest absolute Gasteiger partial charge is 0.396 e. The van der Waals surface area contributed by atoms with Crippen molar-refractivity contribution in [2.24, 2.45) is 11.1 Å². The molecule has 8 heavy (non-hydrogen) atoms. The first-order valence-corrected chi connectivity index (χ1v) is 2.87. The van der Waals surface area contributed by atoms with Crippen LogP contribution in [0.15, 0.2) is 5.16 Å². The van der Waals surface area contributed by atoms with Gasteiger partial charge in [0.05, 0.1) is 0 Å². The minimum absolute atomic E-state index is 0.568. The zero-order valence-electron chi connectivity index (χ0n) is 5.72. The average Bonchev–Trinajstić information content (AvgIpc) is 1.66. The summed E-state index contributed by atoms with van der Waals surface area (Å²) >= 11 is 0. The van der Waals surface area contributed by atoms with Crippen LogP contribution in [-0.4, -0.2) is 12.8 Å². The Kier molecular flexibility index (Phi) is 4.32. The zero-order valence-corrected chi connectivity index (χ0v) is 5.72. The molecule has 0 fully saturated rings. The van der Waals surface area contributed by atoms with Crippen LogP contribution in [0.4, 0.5) is 0 Å². The van der Waals surface area contributed by atoms with E-state index in [1.165, 1.54) is 0 Å². The summed E-state index contributed by atoms with van der Waals surface area (Å²) in [5.41, 5.74) is 0. The fraction of sp³-hybridized carbons (Fsp3) is 0.833. The molecule has 48 valence electrons. The van der Waals surface area contributed by atoms with E-state index >= 15 is 0 Å². The molecule has 2 nitrogen and oxygen atoms in total. The molecule has 0 saturated carbocycles. The van der Waals surface area contributed by atoms with Crippen LogP contribution in [0.3, 0.4) is 0 Å². The Morgan fingerprint density at radius 3 is 2.62 bits per heavy atom. The normalized spacial score (nSPS) is 11.0. The summed E-state index contributed by atoms with van der Waals surface area (Å²) in [6.07, 6.45) is 1.64. The molecular formula is C6H13NO. The molecule has 0 aromatic carbocycles. The van der Waals surface area contributed by atoms with Crippen molar-refractivity contribution in [3.8, 4) is 0 Å². The van der Waals surface area contributed by atoms with Gasteiger partial charge in [0.25, 0.3) is 0 Å². The highest BCUT2D eigenvalue weighted by molar-refractivity contribution is 5.52. The summed E-state index contributed by atoms with van der Waals surface area (Å²) in [6.45, 7) is 6.72. The van der Waals surface area contributed by atoms with Crippen LogP contribution >= 0.6 is 0 Å². The van der Waals surface area contributed by atoms with Crippen molar-refractivity contribution in [3.63, 3.8) is 0 Å². The maximum Gasteiger partial charge on any atom is 0.119 e. The Bertz CT molecular complexity index is 68.9. The van der Waals surface area contributed by atoms with Gasteiger partial charge in [-0.25, -0.2) is 0 Å². The number of oxime groups is 1. The van der Waals surface area contributed by atoms with E-state index in [0.717, 1.165) is 0 Å². The molecule has 0 aliphatic rings. The van der Waals surface area contributed by atoms with Gasteiger partial charge >= 0.3 is 0 Å². The quantitative estimate of drug-likeness (QED) is 0.405. The van der Waals surface area contributed by atoms with Crippen LogP contribution < -0.4 is 0 Å². The minimum Gasteiger partial charge on any atom is -0.396 e. The molecular weight excluding hydrogens is 102 g/mol. The van der Waals surface area contributed by atoms with Crippen LogP contribution in [0, 0.1) is 5.92 Å². The highest BCUT2D eigenvalue weighted by Gasteiger charge is 1.89. The van der Waals surface area contributed by atoms with Gasteiger partial charge in [-0.1, -0.05) is 19.0 Å². The molecule has 0 aromatic rings. The molecule has 0 saturated heterocycles. The van der Waals surface area contributed by atoms with Gasteiger partial charge in [-0.05, 0) is 12.8 Å². The van der Waals surface area contributed by atoms with Crippen molar-refractivity contribution < 1.29 is 4.84 Å². The monoisotopic (exact) mass is 115 g/mol. The molecule has 0 aliphatic carbocycles. The molecule has 2 heteroatoms. The standard InChI is InChI=1S/C6H13NO/c1-4-7-8-5-6(2)3/h4,6H,5H2,1-3H3. The van der Waals surface area contributed by atoms with E-state index in [-0.39, 0.29) is 0 Å². The number of hydrogen-bond donors (Lipinski definition) is 0. The second-order valence-electron chi connectivity index (χ2n) is 2.05. The maximum atomic E-state index is 4.81. The fourth-order valence-electron chi connectivity index (χ4n) is 0.267. The Balaban J connectivity index is 2.93. The Morgan fingerprint density at radius 2 is 2.25 bits per heavy atom. The number of rotatable bonds is 3. The summed E-state index contributed by atoms with van der Waals surface area (Å²) in [5, 5.41) is 3.59. The average molecular weight is 115 g/mol. The molecule has 0 aliphatic heterocycles. The van der Waals surface area contributed by atoms with Crippen LogP contribution in [0.5, 0.6) is 0 Å². The van der Waals surface area contributed by atoms with E-state index in [4.69, 9.17) is 4.84 Å². The number of hydrogen-bond acceptors (Lipinski definition) is 2. The SMILES string of the molecule is CC=NOCC(C)C. The minimum atomic E-state index is 0.568. The highest BCUT2D eigenvalue weighted by atomic mass is 16.6. The Labute approximate surface area is 50.5 Å². The molecule has 0 unspecified atom stereocenters. The first kappa shape index (κ1) is 7.47. The van der Waals surface area contributed by atoms with Gasteiger partial charge in [0.15, 0.2) is 0 Å². The van der Waals surface area contributed by atoms with E-state index in [1.54, 1.807) is 6.21 Å². The van der Waals surface area contributed by atoms with Gasteiger partial charge < -0.3 is 4.84 Å². The van der Waals surface area contributed by atoms with Crippen LogP contribution in [-0.2, 0) is 4.84 Å². The molecule has 0 heterocycles. The van der Waals surface area contributed by atoms with Gasteiger partial charge in [-0.2, -0.15) is 0 Å². The smallest absolute Gasteiger partial charge is 0.119 e. The van der Waals surface area contributed by atoms with Gasteiger partial charge in [0, 0.05) is 6.21 Å². The molecule has 0 aromatic heterocycles. The highest BCUT2D eigenvalue weighted by Crippen LogP contribution is 1.90. The van der Waals surface area contributed by atoms with E-state index in [2.05, 4.69) is 19.0 Å². The van der Waals surface area contributed by atoms with Crippen molar-refractivity contribution in [3.05, 3.63) is 0 Å². The lowest BCUT2D eigenvalue weighted by Gasteiger charge is -1.99. The van der Waals surface area contributed by atoms with Crippen LogP contribution in [0.2, 0.25) is 0 Å². The lowest BCUT2D eigenvalue weighted by Crippen LogP contribution is -1.96. The van der Waals surface area contributed by atoms with Gasteiger partial charge in [-0.15, -0.1) is 0 Å². The molecule has 0 spiro atoms. The van der Waals surface area contributed by atoms with E-state index in [1.807, 2.05) is 6.92 Å². The zero-order chi connectivity index (χ0) is 6.41. The van der Waals surface area contributed by atoms with E-state index in [0.29, 0.717) is 12.5 Å². The van der Waals surface area contributed by atoms with Crippen LogP contribution in [0.25, 0.3) is 0 Å². The summed E-state index contributed by atoms with van der Waals surface area (Å²) in [4.78, 5) is 4.81. The molecule has 0 amide bonds. The molecule has 0 atom stereocenters. The Hall–Kier alpha value is -0.530. The number of nitrogens with zero attached hydrogens (tertiary/aromatic N) is 1. The molecule has 0 radical (unpaired) electrons. The van der Waals surface area contributed by atoms with Gasteiger partial charge in [0.2, 0.25) is 0 Å². The maximum absolute atomic E-state index is 4.81. The van der Waals surface area contributed by atoms with Gasteiger partial charge in [-0.3, -0.25) is 0 Å². The van der Waals surface area contributed by atoms with Crippen LogP contribution in [0.1, 0.15) is 20.8 Å². The summed E-state index contributed by atoms with van der Waals surface area (Å²) in [5.74, 6) is 0.568. The van der Waals surface area contributed by atoms with E-state index in [9.17, 15) is 0 Å². The third-order valence-corrected chi connectivity index (χ3v) is 0.588. The fourth-order valence-corrected chi connectivity index (χ4v) is 0.267. The second kappa shape index (κ2) is 4.62. The van der Waals surface area contributed by atoms with Crippen molar-refractivity contribution in [2.75, 3.05) is 6.61 Å². The predicted octanol–water partition coefficient (Wildman–Crippen LogP) is 1.66. The van der Waals surface area contributed by atoms with Crippen molar-refractivity contribution >= 4 is 6.21 Å². The second-order valence-corrected chi connectivity index (χ2v) is 2.05. The lowest BCUT2D eigenvalue weighted by molar-refractivity contribution is 0.119. The first-order valence-electron chi connectivity index (χ1n) is 2.87. The molecule has 0 bridgehead atoms. The summed E-state index contributed by atoms with van der Waals surface area (Å²) in [7, 11) is 0. The third-order valence-electron chi connectivity index (χ3n) is 0.588. The molecule has 0 N–H and O–H groups in total. The Morgan fingerprint density at radius 1 is 1.62 bits per heavy atom. The van der Waals surface area contributed by atoms with Crippen molar-refractivity contribution in [2.45, 2.75) is 20.8 Å². The van der Waals surface area contributed by atoms with Gasteiger partial charge in [0.1, 0.15) is 6.61 Å². The van der Waals surface area contributed by atoms with Crippen molar-refractivity contribution in [1.82, 2.24) is 0 Å². The molecule has 0 rings (SSSR count). The first-order chi connectivity index (χ1) is 3.77. The summed E-state index contributed by atoms with van der Waals surface area (Å²) < 4.78 is 0. The summed E-state index contributed by atoms with van der Waals surface area (Å²) in [6, 6.07) is 0. The van der Waals surface area contributed by atoms with E-state index < -0.39 is 0 Å². The topological polar surface area (TPSA) is 21.6 Å². The predicted molar refractivity (Wildman–Crippen MR) is 35.0 cm³/mol.